The van der Waals surface area contributed by atoms with E-state index in [1.54, 1.807) is 0 Å². The molecule has 2 N–H and O–H groups in total. The van der Waals surface area contributed by atoms with Gasteiger partial charge in [0, 0.05) is 11.3 Å². The zero-order chi connectivity index (χ0) is 15.4. The van der Waals surface area contributed by atoms with E-state index in [1.165, 1.54) is 29.8 Å². The minimum atomic E-state index is -1.01. The molecule has 0 atom stereocenters. The van der Waals surface area contributed by atoms with Crippen LogP contribution in [0.5, 0.6) is 0 Å². The van der Waals surface area contributed by atoms with Gasteiger partial charge in [0.2, 0.25) is 0 Å². The van der Waals surface area contributed by atoms with Crippen molar-refractivity contribution in [2.45, 2.75) is 19.8 Å². The van der Waals surface area contributed by atoms with Crippen LogP contribution in [0.1, 0.15) is 46.0 Å². The minimum absolute atomic E-state index is 0.160. The predicted molar refractivity (Wildman–Crippen MR) is 81.9 cm³/mol. The molecule has 108 valence electrons. The minimum Gasteiger partial charge on any atom is -0.478 e. The van der Waals surface area contributed by atoms with E-state index in [9.17, 15) is 9.59 Å². The normalized spacial score (nSPS) is 10.4. The number of anilines is 1. The standard InChI is InChI=1S/C17H17NO3/c1-11(2)12-7-9-15(10-8-12)18-16(19)13-3-5-14(6-4-13)17(20)21/h3-11H,1-2H3,(H,18,19)(H,20,21). The number of carboxylic acids is 1. The third kappa shape index (κ3) is 3.69. The van der Waals surface area contributed by atoms with E-state index in [-0.39, 0.29) is 11.5 Å². The Hall–Kier alpha value is -2.62. The van der Waals surface area contributed by atoms with Crippen LogP contribution in [-0.4, -0.2) is 17.0 Å². The molecule has 0 bridgehead atoms. The summed E-state index contributed by atoms with van der Waals surface area (Å²) in [7, 11) is 0. The van der Waals surface area contributed by atoms with Crippen LogP contribution in [0, 0.1) is 0 Å². The van der Waals surface area contributed by atoms with E-state index < -0.39 is 5.97 Å². The lowest BCUT2D eigenvalue weighted by Gasteiger charge is -2.08. The zero-order valence-electron chi connectivity index (χ0n) is 12.0. The van der Waals surface area contributed by atoms with Gasteiger partial charge in [-0.1, -0.05) is 26.0 Å². The van der Waals surface area contributed by atoms with Crippen LogP contribution in [0.3, 0.4) is 0 Å². The number of rotatable bonds is 4. The topological polar surface area (TPSA) is 66.4 Å². The molecule has 4 nitrogen and oxygen atoms in total. The second-order valence-corrected chi connectivity index (χ2v) is 5.11. The number of aromatic carboxylic acids is 1. The number of hydrogen-bond donors (Lipinski definition) is 2. The highest BCUT2D eigenvalue weighted by Gasteiger charge is 2.08. The number of hydrogen-bond acceptors (Lipinski definition) is 2. The van der Waals surface area contributed by atoms with Crippen LogP contribution < -0.4 is 5.32 Å². The molecule has 0 fully saturated rings. The van der Waals surface area contributed by atoms with Gasteiger partial charge in [-0.25, -0.2) is 4.79 Å². The maximum absolute atomic E-state index is 12.1. The molecule has 2 aromatic carbocycles. The largest absolute Gasteiger partial charge is 0.478 e. The third-order valence-corrected chi connectivity index (χ3v) is 3.23. The Morgan fingerprint density at radius 1 is 0.905 bits per heavy atom. The lowest BCUT2D eigenvalue weighted by molar-refractivity contribution is 0.0696. The van der Waals surface area contributed by atoms with E-state index >= 15 is 0 Å². The Morgan fingerprint density at radius 3 is 1.90 bits per heavy atom. The lowest BCUT2D eigenvalue weighted by Crippen LogP contribution is -2.12. The Bertz CT molecular complexity index is 643. The first-order chi connectivity index (χ1) is 9.97. The average Bonchev–Trinajstić information content (AvgIpc) is 2.47. The lowest BCUT2D eigenvalue weighted by atomic mass is 10.0. The molecule has 0 aromatic heterocycles. The van der Waals surface area contributed by atoms with Gasteiger partial charge >= 0.3 is 5.97 Å². The maximum Gasteiger partial charge on any atom is 0.335 e. The first kappa shape index (κ1) is 14.8. The van der Waals surface area contributed by atoms with E-state index in [0.717, 1.165) is 0 Å². The molecule has 1 amide bonds. The van der Waals surface area contributed by atoms with Gasteiger partial charge in [-0.3, -0.25) is 4.79 Å². The highest BCUT2D eigenvalue weighted by molar-refractivity contribution is 6.04. The van der Waals surface area contributed by atoms with Gasteiger partial charge in [0.05, 0.1) is 5.56 Å². The molecule has 4 heteroatoms. The Balaban J connectivity index is 2.08. The maximum atomic E-state index is 12.1. The van der Waals surface area contributed by atoms with Crippen molar-refractivity contribution in [1.82, 2.24) is 0 Å². The Labute approximate surface area is 123 Å². The molecule has 0 radical (unpaired) electrons. The molecule has 0 heterocycles. The number of carboxylic acid groups (broad SMARTS) is 1. The van der Waals surface area contributed by atoms with Crippen molar-refractivity contribution in [3.63, 3.8) is 0 Å². The van der Waals surface area contributed by atoms with Gasteiger partial charge in [-0.05, 0) is 47.9 Å². The van der Waals surface area contributed by atoms with Gasteiger partial charge in [0.25, 0.3) is 5.91 Å². The highest BCUT2D eigenvalue weighted by atomic mass is 16.4. The smallest absolute Gasteiger partial charge is 0.335 e. The van der Waals surface area contributed by atoms with Crippen molar-refractivity contribution in [1.29, 1.82) is 0 Å². The van der Waals surface area contributed by atoms with Gasteiger partial charge < -0.3 is 10.4 Å². The van der Waals surface area contributed by atoms with Crippen molar-refractivity contribution < 1.29 is 14.7 Å². The first-order valence-electron chi connectivity index (χ1n) is 6.72. The van der Waals surface area contributed by atoms with E-state index in [2.05, 4.69) is 19.2 Å². The summed E-state index contributed by atoms with van der Waals surface area (Å²) in [6, 6.07) is 13.5. The van der Waals surface area contributed by atoms with E-state index in [0.29, 0.717) is 17.2 Å². The fourth-order valence-electron chi connectivity index (χ4n) is 1.92. The molecular formula is C17H17NO3. The average molecular weight is 283 g/mol. The van der Waals surface area contributed by atoms with Gasteiger partial charge in [0.15, 0.2) is 0 Å². The molecule has 0 unspecified atom stereocenters. The van der Waals surface area contributed by atoms with Crippen molar-refractivity contribution in [2.24, 2.45) is 0 Å². The second-order valence-electron chi connectivity index (χ2n) is 5.11. The molecule has 2 rings (SSSR count). The molecule has 21 heavy (non-hydrogen) atoms. The van der Waals surface area contributed by atoms with Gasteiger partial charge in [0.1, 0.15) is 0 Å². The summed E-state index contributed by atoms with van der Waals surface area (Å²) in [5.41, 5.74) is 2.51. The summed E-state index contributed by atoms with van der Waals surface area (Å²) in [4.78, 5) is 22.8. The Kier molecular flexibility index (Phi) is 4.38. The zero-order valence-corrected chi connectivity index (χ0v) is 12.0. The highest BCUT2D eigenvalue weighted by Crippen LogP contribution is 2.17. The van der Waals surface area contributed by atoms with Crippen molar-refractivity contribution in [2.75, 3.05) is 5.32 Å². The quantitative estimate of drug-likeness (QED) is 0.897. The molecule has 0 aliphatic heterocycles. The number of amides is 1. The molecule has 0 saturated carbocycles. The molecule has 2 aromatic rings. The summed E-state index contributed by atoms with van der Waals surface area (Å²) in [6.07, 6.45) is 0. The third-order valence-electron chi connectivity index (χ3n) is 3.23. The molecule has 0 spiro atoms. The van der Waals surface area contributed by atoms with Gasteiger partial charge in [-0.15, -0.1) is 0 Å². The summed E-state index contributed by atoms with van der Waals surface area (Å²) in [6.45, 7) is 4.22. The van der Waals surface area contributed by atoms with Crippen molar-refractivity contribution in [3.05, 3.63) is 65.2 Å². The van der Waals surface area contributed by atoms with Crippen LogP contribution in [0.15, 0.2) is 48.5 Å². The second kappa shape index (κ2) is 6.22. The molecule has 0 aliphatic rings. The molecule has 0 saturated heterocycles. The fourth-order valence-corrected chi connectivity index (χ4v) is 1.92. The van der Waals surface area contributed by atoms with Crippen LogP contribution in [0.4, 0.5) is 5.69 Å². The summed E-state index contributed by atoms with van der Waals surface area (Å²) in [5, 5.41) is 11.6. The monoisotopic (exact) mass is 283 g/mol. The van der Waals surface area contributed by atoms with Crippen molar-refractivity contribution >= 4 is 17.6 Å². The number of carbonyl (C=O) groups excluding carboxylic acids is 1. The van der Waals surface area contributed by atoms with Crippen LogP contribution in [-0.2, 0) is 0 Å². The van der Waals surface area contributed by atoms with Crippen LogP contribution in [0.25, 0.3) is 0 Å². The van der Waals surface area contributed by atoms with E-state index in [4.69, 9.17) is 5.11 Å². The van der Waals surface area contributed by atoms with E-state index in [1.807, 2.05) is 24.3 Å². The number of carbonyl (C=O) groups is 2. The summed E-state index contributed by atoms with van der Waals surface area (Å²) >= 11 is 0. The number of nitrogens with one attached hydrogen (secondary N) is 1. The predicted octanol–water partition coefficient (Wildman–Crippen LogP) is 3.76. The number of benzene rings is 2. The summed E-state index contributed by atoms with van der Waals surface area (Å²) < 4.78 is 0. The van der Waals surface area contributed by atoms with Crippen LogP contribution >= 0.6 is 0 Å². The SMILES string of the molecule is CC(C)c1ccc(NC(=O)c2ccc(C(=O)O)cc2)cc1. The molecule has 0 aliphatic carbocycles. The summed E-state index contributed by atoms with van der Waals surface area (Å²) in [5.74, 6) is -0.825. The van der Waals surface area contributed by atoms with Crippen LogP contribution in [0.2, 0.25) is 0 Å². The van der Waals surface area contributed by atoms with Crippen molar-refractivity contribution in [3.8, 4) is 0 Å². The Morgan fingerprint density at radius 2 is 1.43 bits per heavy atom. The van der Waals surface area contributed by atoms with Gasteiger partial charge in [-0.2, -0.15) is 0 Å². The first-order valence-corrected chi connectivity index (χ1v) is 6.72. The fraction of sp³-hybridized carbons (Fsp3) is 0.176. The molecular weight excluding hydrogens is 266 g/mol.